The predicted molar refractivity (Wildman–Crippen MR) is 92.8 cm³/mol. The monoisotopic (exact) mass is 332 g/mol. The van der Waals surface area contributed by atoms with Crippen molar-refractivity contribution in [3.63, 3.8) is 0 Å². The molecule has 2 aromatic carbocycles. The van der Waals surface area contributed by atoms with E-state index < -0.39 is 5.82 Å². The summed E-state index contributed by atoms with van der Waals surface area (Å²) >= 11 is 0. The minimum absolute atomic E-state index is 0.262. The molecular formula is C19H13FN4O. The molecule has 1 N–H and O–H groups in total. The zero-order chi connectivity index (χ0) is 17.2. The number of hydrogen-bond donors (Lipinski definition) is 1. The van der Waals surface area contributed by atoms with Gasteiger partial charge in [-0.25, -0.2) is 4.39 Å². The van der Waals surface area contributed by atoms with Gasteiger partial charge in [0, 0.05) is 23.0 Å². The van der Waals surface area contributed by atoms with E-state index in [0.717, 1.165) is 11.2 Å². The van der Waals surface area contributed by atoms with Crippen LogP contribution in [0.25, 0.3) is 17.0 Å². The summed E-state index contributed by atoms with van der Waals surface area (Å²) in [5.41, 5.74) is 2.42. The number of carbonyl (C=O) groups is 1. The van der Waals surface area contributed by atoms with Crippen molar-refractivity contribution in [3.05, 3.63) is 84.3 Å². The quantitative estimate of drug-likeness (QED) is 0.621. The standard InChI is InChI=1S/C19H13FN4O/c20-15-7-3-6-14(11-15)19(25)21-16-8-4-5-13(12-16)18-23-22-17-9-1-2-10-24(17)18/h1-12H,(H,21,25). The van der Waals surface area contributed by atoms with Crippen LogP contribution in [-0.2, 0) is 0 Å². The van der Waals surface area contributed by atoms with Crippen LogP contribution in [0.2, 0.25) is 0 Å². The second-order valence-corrected chi connectivity index (χ2v) is 5.50. The Hall–Kier alpha value is -3.54. The molecule has 122 valence electrons. The third-order valence-electron chi connectivity index (χ3n) is 3.78. The number of rotatable bonds is 3. The van der Waals surface area contributed by atoms with E-state index in [4.69, 9.17) is 0 Å². The second kappa shape index (κ2) is 6.16. The van der Waals surface area contributed by atoms with Crippen LogP contribution in [0.15, 0.2) is 72.9 Å². The van der Waals surface area contributed by atoms with Gasteiger partial charge in [-0.2, -0.15) is 0 Å². The van der Waals surface area contributed by atoms with Gasteiger partial charge in [0.05, 0.1) is 0 Å². The number of amides is 1. The summed E-state index contributed by atoms with van der Waals surface area (Å²) in [6, 6.07) is 18.5. The van der Waals surface area contributed by atoms with Crippen LogP contribution in [0.1, 0.15) is 10.4 Å². The normalized spacial score (nSPS) is 10.8. The van der Waals surface area contributed by atoms with Gasteiger partial charge in [-0.15, -0.1) is 10.2 Å². The van der Waals surface area contributed by atoms with Crippen LogP contribution in [0.3, 0.4) is 0 Å². The fourth-order valence-electron chi connectivity index (χ4n) is 2.61. The number of carbonyl (C=O) groups excluding carboxylic acids is 1. The molecular weight excluding hydrogens is 319 g/mol. The van der Waals surface area contributed by atoms with Gasteiger partial charge in [0.25, 0.3) is 5.91 Å². The Labute approximate surface area is 142 Å². The summed E-state index contributed by atoms with van der Waals surface area (Å²) in [6.45, 7) is 0. The third kappa shape index (κ3) is 2.97. The van der Waals surface area contributed by atoms with Gasteiger partial charge in [0.15, 0.2) is 11.5 Å². The number of fused-ring (bicyclic) bond motifs is 1. The highest BCUT2D eigenvalue weighted by Gasteiger charge is 2.10. The summed E-state index contributed by atoms with van der Waals surface area (Å²) < 4.78 is 15.1. The molecule has 0 aliphatic carbocycles. The van der Waals surface area contributed by atoms with E-state index in [9.17, 15) is 9.18 Å². The molecule has 0 bridgehead atoms. The first-order valence-corrected chi connectivity index (χ1v) is 7.68. The molecule has 0 atom stereocenters. The van der Waals surface area contributed by atoms with Crippen molar-refractivity contribution in [3.8, 4) is 11.4 Å². The van der Waals surface area contributed by atoms with Crippen molar-refractivity contribution in [2.45, 2.75) is 0 Å². The molecule has 0 radical (unpaired) electrons. The van der Waals surface area contributed by atoms with E-state index >= 15 is 0 Å². The molecule has 4 rings (SSSR count). The summed E-state index contributed by atoms with van der Waals surface area (Å²) in [6.07, 6.45) is 1.88. The van der Waals surface area contributed by atoms with Crippen LogP contribution >= 0.6 is 0 Å². The lowest BCUT2D eigenvalue weighted by molar-refractivity contribution is 0.102. The fraction of sp³-hybridized carbons (Fsp3) is 0. The van der Waals surface area contributed by atoms with Crippen molar-refractivity contribution in [2.75, 3.05) is 5.32 Å². The summed E-state index contributed by atoms with van der Waals surface area (Å²) in [7, 11) is 0. The first-order valence-electron chi connectivity index (χ1n) is 7.68. The Morgan fingerprint density at radius 3 is 2.72 bits per heavy atom. The molecule has 0 aliphatic heterocycles. The van der Waals surface area contributed by atoms with Crippen LogP contribution in [0.5, 0.6) is 0 Å². The summed E-state index contributed by atoms with van der Waals surface area (Å²) in [5, 5.41) is 11.1. The van der Waals surface area contributed by atoms with Gasteiger partial charge in [-0.05, 0) is 42.5 Å². The molecule has 25 heavy (non-hydrogen) atoms. The summed E-state index contributed by atoms with van der Waals surface area (Å²) in [4.78, 5) is 12.3. The average molecular weight is 332 g/mol. The molecule has 2 aromatic heterocycles. The lowest BCUT2D eigenvalue weighted by Gasteiger charge is -2.07. The predicted octanol–water partition coefficient (Wildman–Crippen LogP) is 3.79. The van der Waals surface area contributed by atoms with Crippen molar-refractivity contribution < 1.29 is 9.18 Å². The van der Waals surface area contributed by atoms with Gasteiger partial charge in [-0.3, -0.25) is 9.20 Å². The van der Waals surface area contributed by atoms with Crippen LogP contribution in [-0.4, -0.2) is 20.5 Å². The SMILES string of the molecule is O=C(Nc1cccc(-c2nnc3ccccn23)c1)c1cccc(F)c1. The number of halogens is 1. The highest BCUT2D eigenvalue weighted by Crippen LogP contribution is 2.22. The minimum atomic E-state index is -0.448. The maximum Gasteiger partial charge on any atom is 0.255 e. The van der Waals surface area contributed by atoms with Crippen molar-refractivity contribution >= 4 is 17.2 Å². The smallest absolute Gasteiger partial charge is 0.255 e. The number of nitrogens with zero attached hydrogens (tertiary/aromatic N) is 3. The number of pyridine rings is 1. The van der Waals surface area contributed by atoms with E-state index in [-0.39, 0.29) is 11.5 Å². The minimum Gasteiger partial charge on any atom is -0.322 e. The molecule has 5 nitrogen and oxygen atoms in total. The number of benzene rings is 2. The zero-order valence-corrected chi connectivity index (χ0v) is 13.1. The maximum atomic E-state index is 13.3. The van der Waals surface area contributed by atoms with E-state index in [0.29, 0.717) is 11.5 Å². The Balaban J connectivity index is 1.65. The molecule has 0 spiro atoms. The maximum absolute atomic E-state index is 13.3. The summed E-state index contributed by atoms with van der Waals surface area (Å²) in [5.74, 6) is -0.142. The van der Waals surface area contributed by atoms with E-state index in [1.165, 1.54) is 18.2 Å². The topological polar surface area (TPSA) is 59.3 Å². The highest BCUT2D eigenvalue weighted by atomic mass is 19.1. The number of anilines is 1. The first-order chi connectivity index (χ1) is 12.2. The molecule has 1 amide bonds. The van der Waals surface area contributed by atoms with E-state index in [1.54, 1.807) is 18.2 Å². The molecule has 0 fully saturated rings. The number of hydrogen-bond acceptors (Lipinski definition) is 3. The van der Waals surface area contributed by atoms with Gasteiger partial charge in [0.2, 0.25) is 0 Å². The average Bonchev–Trinajstić information content (AvgIpc) is 3.06. The molecule has 0 saturated carbocycles. The molecule has 0 aliphatic rings. The van der Waals surface area contributed by atoms with Crippen LogP contribution in [0.4, 0.5) is 10.1 Å². The second-order valence-electron chi connectivity index (χ2n) is 5.50. The fourth-order valence-corrected chi connectivity index (χ4v) is 2.61. The molecule has 0 unspecified atom stereocenters. The van der Waals surface area contributed by atoms with Crippen molar-refractivity contribution in [2.24, 2.45) is 0 Å². The number of nitrogens with one attached hydrogen (secondary N) is 1. The van der Waals surface area contributed by atoms with E-state index in [2.05, 4.69) is 15.5 Å². The Morgan fingerprint density at radius 2 is 1.84 bits per heavy atom. The van der Waals surface area contributed by atoms with Gasteiger partial charge < -0.3 is 5.32 Å². The third-order valence-corrected chi connectivity index (χ3v) is 3.78. The molecule has 6 heteroatoms. The lowest BCUT2D eigenvalue weighted by Crippen LogP contribution is -2.12. The largest absolute Gasteiger partial charge is 0.322 e. The van der Waals surface area contributed by atoms with Crippen molar-refractivity contribution in [1.82, 2.24) is 14.6 Å². The van der Waals surface area contributed by atoms with Crippen LogP contribution < -0.4 is 5.32 Å². The van der Waals surface area contributed by atoms with Gasteiger partial charge >= 0.3 is 0 Å². The lowest BCUT2D eigenvalue weighted by atomic mass is 10.1. The molecule has 2 heterocycles. The Bertz CT molecular complexity index is 1070. The molecule has 4 aromatic rings. The Morgan fingerprint density at radius 1 is 0.960 bits per heavy atom. The first kappa shape index (κ1) is 15.0. The van der Waals surface area contributed by atoms with Crippen molar-refractivity contribution in [1.29, 1.82) is 0 Å². The zero-order valence-electron chi connectivity index (χ0n) is 13.1. The van der Waals surface area contributed by atoms with E-state index in [1.807, 2.05) is 40.9 Å². The molecule has 0 saturated heterocycles. The highest BCUT2D eigenvalue weighted by molar-refractivity contribution is 6.04. The Kier molecular flexibility index (Phi) is 3.70. The van der Waals surface area contributed by atoms with Gasteiger partial charge in [-0.1, -0.05) is 24.3 Å². The van der Waals surface area contributed by atoms with Crippen LogP contribution in [0, 0.1) is 5.82 Å². The van der Waals surface area contributed by atoms with Gasteiger partial charge in [0.1, 0.15) is 5.82 Å². The number of aromatic nitrogens is 3.